The summed E-state index contributed by atoms with van der Waals surface area (Å²) >= 11 is -2.31. The lowest BCUT2D eigenvalue weighted by molar-refractivity contribution is 0.238. The first-order valence-corrected chi connectivity index (χ1v) is 13.2. The molecule has 0 aliphatic carbocycles. The number of nitrogens with zero attached hydrogens (tertiary/aromatic N) is 4. The van der Waals surface area contributed by atoms with Gasteiger partial charge in [-0.1, -0.05) is 42.5 Å². The monoisotopic (exact) mass is 497 g/mol. The van der Waals surface area contributed by atoms with Crippen molar-refractivity contribution in [3.63, 3.8) is 0 Å². The molecule has 1 aliphatic rings. The number of aromatic nitrogens is 3. The second-order valence-corrected chi connectivity index (χ2v) is 9.89. The van der Waals surface area contributed by atoms with Crippen LogP contribution in [0.15, 0.2) is 84.1 Å². The van der Waals surface area contributed by atoms with Gasteiger partial charge in [-0.3, -0.25) is 9.11 Å². The van der Waals surface area contributed by atoms with Gasteiger partial charge >= 0.3 is 0 Å². The average Bonchev–Trinajstić information content (AvgIpc) is 3.58. The molecule has 6 rings (SSSR count). The number of rotatable bonds is 7. The van der Waals surface area contributed by atoms with E-state index in [1.54, 1.807) is 16.8 Å². The van der Waals surface area contributed by atoms with Crippen molar-refractivity contribution in [1.29, 1.82) is 0 Å². The summed E-state index contributed by atoms with van der Waals surface area (Å²) in [6, 6.07) is 19.0. The first kappa shape index (κ1) is 22.8. The van der Waals surface area contributed by atoms with Crippen molar-refractivity contribution in [1.82, 2.24) is 19.5 Å². The van der Waals surface area contributed by atoms with E-state index in [-0.39, 0.29) is 4.90 Å². The van der Waals surface area contributed by atoms with Crippen LogP contribution in [0, 0.1) is 0 Å². The molecule has 0 spiro atoms. The smallest absolute Gasteiger partial charge is 0.162 e. The molecule has 0 N–H and O–H groups in total. The third kappa shape index (κ3) is 4.39. The normalized spacial score (nSPS) is 15.0. The van der Waals surface area contributed by atoms with E-state index in [9.17, 15) is 8.76 Å². The maximum Gasteiger partial charge on any atom is 0.162 e. The van der Waals surface area contributed by atoms with E-state index in [0.29, 0.717) is 17.6 Å². The van der Waals surface area contributed by atoms with Crippen molar-refractivity contribution < 1.29 is 13.5 Å². The molecule has 5 aromatic rings. The van der Waals surface area contributed by atoms with Crippen LogP contribution in [0.1, 0.15) is 12.8 Å². The fraction of sp³-hybridized carbons (Fsp3) is 0.214. The van der Waals surface area contributed by atoms with E-state index in [0.717, 1.165) is 39.9 Å². The zero-order chi connectivity index (χ0) is 24.5. The summed E-state index contributed by atoms with van der Waals surface area (Å²) in [4.78, 5) is 7.44. The van der Waals surface area contributed by atoms with Gasteiger partial charge in [0.25, 0.3) is 0 Å². The predicted molar refractivity (Wildman–Crippen MR) is 140 cm³/mol. The Kier molecular flexibility index (Phi) is 6.23. The molecule has 0 amide bonds. The van der Waals surface area contributed by atoms with Crippen LogP contribution in [-0.4, -0.2) is 54.5 Å². The summed E-state index contributed by atoms with van der Waals surface area (Å²) < 4.78 is 31.1. The van der Waals surface area contributed by atoms with Crippen LogP contribution in [0.3, 0.4) is 0 Å². The molecule has 0 saturated carbocycles. The van der Waals surface area contributed by atoms with Gasteiger partial charge in [0.15, 0.2) is 5.65 Å². The molecule has 182 valence electrons. The van der Waals surface area contributed by atoms with Crippen molar-refractivity contribution >= 4 is 27.5 Å². The highest BCUT2D eigenvalue weighted by molar-refractivity contribution is 7.79. The minimum atomic E-state index is -2.31. The van der Waals surface area contributed by atoms with Gasteiger partial charge in [0.05, 0.1) is 6.20 Å². The van der Waals surface area contributed by atoms with Gasteiger partial charge in [0.2, 0.25) is 0 Å². The van der Waals surface area contributed by atoms with Crippen LogP contribution in [0.2, 0.25) is 0 Å². The Morgan fingerprint density at radius 1 is 0.889 bits per heavy atom. The highest BCUT2D eigenvalue weighted by Gasteiger charge is 2.14. The minimum absolute atomic E-state index is 0.282. The summed E-state index contributed by atoms with van der Waals surface area (Å²) in [6.07, 6.45) is 8.15. The SMILES string of the molecule is O=S([O-])c1ccc(-c2cnn3cc(-c4ccc(OCCN5CCCC5)cc4)cnc23)c2ccccc12. The number of ether oxygens (including phenoxy) is 1. The summed E-state index contributed by atoms with van der Waals surface area (Å²) in [5, 5.41) is 6.07. The maximum absolute atomic E-state index is 11.7. The van der Waals surface area contributed by atoms with Crippen molar-refractivity contribution in [2.45, 2.75) is 17.7 Å². The van der Waals surface area contributed by atoms with Crippen LogP contribution in [0.5, 0.6) is 5.75 Å². The second kappa shape index (κ2) is 9.81. The predicted octanol–water partition coefficient (Wildman–Crippen LogP) is 4.93. The first-order valence-electron chi connectivity index (χ1n) is 12.1. The van der Waals surface area contributed by atoms with Gasteiger partial charge in [-0.2, -0.15) is 5.10 Å². The maximum atomic E-state index is 11.7. The Hall–Kier alpha value is -3.59. The molecule has 1 fully saturated rings. The topological polar surface area (TPSA) is 82.8 Å². The number of hydrogen-bond donors (Lipinski definition) is 0. The second-order valence-electron chi connectivity index (χ2n) is 8.98. The standard InChI is InChI=1S/C28H26N4O3S/c33-36(34)27-12-11-24(23-5-1-2-6-25(23)27)26-18-30-32-19-21(17-29-28(26)32)20-7-9-22(10-8-20)35-16-15-31-13-3-4-14-31/h1-2,5-12,17-19H,3-4,13-16H2,(H,33,34)/p-1. The summed E-state index contributed by atoms with van der Waals surface area (Å²) in [5.74, 6) is 0.864. The third-order valence-corrected chi connectivity index (χ3v) is 7.49. The largest absolute Gasteiger partial charge is 0.768 e. The average molecular weight is 498 g/mol. The van der Waals surface area contributed by atoms with E-state index >= 15 is 0 Å². The molecule has 0 radical (unpaired) electrons. The first-order chi connectivity index (χ1) is 17.7. The summed E-state index contributed by atoms with van der Waals surface area (Å²) in [6.45, 7) is 4.02. The lowest BCUT2D eigenvalue weighted by atomic mass is 10.00. The van der Waals surface area contributed by atoms with Gasteiger partial charge in [0, 0.05) is 35.0 Å². The summed E-state index contributed by atoms with van der Waals surface area (Å²) in [5.41, 5.74) is 4.43. The molecule has 2 aromatic heterocycles. The Balaban J connectivity index is 1.26. The molecule has 7 nitrogen and oxygen atoms in total. The molecule has 36 heavy (non-hydrogen) atoms. The van der Waals surface area contributed by atoms with E-state index in [2.05, 4.69) is 10.00 Å². The van der Waals surface area contributed by atoms with Gasteiger partial charge in [-0.25, -0.2) is 9.50 Å². The van der Waals surface area contributed by atoms with E-state index in [1.165, 1.54) is 25.9 Å². The lowest BCUT2D eigenvalue weighted by Crippen LogP contribution is -2.25. The van der Waals surface area contributed by atoms with E-state index < -0.39 is 11.1 Å². The van der Waals surface area contributed by atoms with E-state index in [1.807, 2.05) is 67.0 Å². The number of hydrogen-bond acceptors (Lipinski definition) is 6. The van der Waals surface area contributed by atoms with Gasteiger partial charge < -0.3 is 9.29 Å². The molecule has 1 saturated heterocycles. The molecule has 3 aromatic carbocycles. The Morgan fingerprint density at radius 2 is 1.67 bits per heavy atom. The molecular weight excluding hydrogens is 472 g/mol. The van der Waals surface area contributed by atoms with Crippen LogP contribution in [0.4, 0.5) is 0 Å². The van der Waals surface area contributed by atoms with Crippen molar-refractivity contribution in [3.8, 4) is 28.0 Å². The number of likely N-dealkylation sites (tertiary alicyclic amines) is 1. The van der Waals surface area contributed by atoms with Crippen LogP contribution in [-0.2, 0) is 11.1 Å². The molecule has 3 heterocycles. The third-order valence-electron chi connectivity index (χ3n) is 6.77. The molecule has 1 aliphatic heterocycles. The molecule has 1 atom stereocenters. The zero-order valence-electron chi connectivity index (χ0n) is 19.7. The van der Waals surface area contributed by atoms with Crippen LogP contribution < -0.4 is 4.74 Å². The van der Waals surface area contributed by atoms with Gasteiger partial charge in [0.1, 0.15) is 12.4 Å². The number of benzene rings is 3. The number of fused-ring (bicyclic) bond motifs is 2. The Bertz CT molecular complexity index is 1560. The highest BCUT2D eigenvalue weighted by Crippen LogP contribution is 2.34. The fourth-order valence-electron chi connectivity index (χ4n) is 4.91. The molecule has 0 bridgehead atoms. The van der Waals surface area contributed by atoms with Gasteiger partial charge in [-0.05, 0) is 77.1 Å². The molecular formula is C28H25N4O3S-. The quantitative estimate of drug-likeness (QED) is 0.297. The lowest BCUT2D eigenvalue weighted by Gasteiger charge is -2.15. The highest BCUT2D eigenvalue weighted by atomic mass is 32.2. The van der Waals surface area contributed by atoms with Crippen molar-refractivity contribution in [2.75, 3.05) is 26.2 Å². The van der Waals surface area contributed by atoms with E-state index in [4.69, 9.17) is 9.72 Å². The minimum Gasteiger partial charge on any atom is -0.768 e. The Morgan fingerprint density at radius 3 is 2.44 bits per heavy atom. The van der Waals surface area contributed by atoms with Crippen molar-refractivity contribution in [2.24, 2.45) is 0 Å². The zero-order valence-corrected chi connectivity index (χ0v) is 20.5. The Labute approximate surface area is 211 Å². The van der Waals surface area contributed by atoms with Crippen molar-refractivity contribution in [3.05, 3.63) is 79.3 Å². The fourth-order valence-corrected chi connectivity index (χ4v) is 5.44. The van der Waals surface area contributed by atoms with Crippen LogP contribution >= 0.6 is 0 Å². The molecule has 8 heteroatoms. The summed E-state index contributed by atoms with van der Waals surface area (Å²) in [7, 11) is 0. The van der Waals surface area contributed by atoms with Crippen LogP contribution in [0.25, 0.3) is 38.7 Å². The molecule has 1 unspecified atom stereocenters. The van der Waals surface area contributed by atoms with Gasteiger partial charge in [-0.15, -0.1) is 0 Å².